The average Bonchev–Trinajstić information content (AvgIpc) is 3.21. The molecule has 30 heavy (non-hydrogen) atoms. The smallest absolute Gasteiger partial charge is 0.295 e. The molecule has 0 fully saturated rings. The standard InChI is InChI=1S/C22H16BrClN4O2/c1-30-19-12-8-17(9-13-19)25-22(29)20-26-21(14-2-6-16(24)7-3-14)28(27-20)18-10-4-15(23)5-11-18/h2-13H,1H3,(H,25,29). The van der Waals surface area contributed by atoms with Crippen molar-refractivity contribution < 1.29 is 9.53 Å². The van der Waals surface area contributed by atoms with Crippen molar-refractivity contribution in [3.05, 3.63) is 88.1 Å². The van der Waals surface area contributed by atoms with Gasteiger partial charge in [0, 0.05) is 20.7 Å². The fourth-order valence-electron chi connectivity index (χ4n) is 2.82. The molecule has 0 saturated heterocycles. The van der Waals surface area contributed by atoms with Crippen molar-refractivity contribution in [2.45, 2.75) is 0 Å². The highest BCUT2D eigenvalue weighted by Gasteiger charge is 2.19. The molecule has 0 spiro atoms. The molecule has 4 rings (SSSR count). The highest BCUT2D eigenvalue weighted by molar-refractivity contribution is 9.10. The van der Waals surface area contributed by atoms with Gasteiger partial charge in [0.15, 0.2) is 5.82 Å². The lowest BCUT2D eigenvalue weighted by molar-refractivity contribution is 0.101. The number of methoxy groups -OCH3 is 1. The molecule has 0 aliphatic heterocycles. The van der Waals surface area contributed by atoms with Crippen molar-refractivity contribution in [2.24, 2.45) is 0 Å². The molecular formula is C22H16BrClN4O2. The molecule has 3 aromatic carbocycles. The lowest BCUT2D eigenvalue weighted by Crippen LogP contribution is -2.14. The first-order chi connectivity index (χ1) is 14.5. The zero-order chi connectivity index (χ0) is 21.1. The third kappa shape index (κ3) is 4.37. The van der Waals surface area contributed by atoms with E-state index in [-0.39, 0.29) is 5.82 Å². The molecule has 8 heteroatoms. The molecule has 0 atom stereocenters. The summed E-state index contributed by atoms with van der Waals surface area (Å²) in [7, 11) is 1.59. The first kappa shape index (κ1) is 20.1. The second-order valence-electron chi connectivity index (χ2n) is 6.34. The van der Waals surface area contributed by atoms with Crippen molar-refractivity contribution in [2.75, 3.05) is 12.4 Å². The van der Waals surface area contributed by atoms with Crippen LogP contribution in [0.5, 0.6) is 5.75 Å². The lowest BCUT2D eigenvalue weighted by atomic mass is 10.2. The van der Waals surface area contributed by atoms with Gasteiger partial charge >= 0.3 is 0 Å². The van der Waals surface area contributed by atoms with Crippen LogP contribution in [0.25, 0.3) is 17.1 Å². The molecule has 4 aromatic rings. The maximum absolute atomic E-state index is 12.8. The summed E-state index contributed by atoms with van der Waals surface area (Å²) in [4.78, 5) is 17.3. The molecule has 1 amide bonds. The van der Waals surface area contributed by atoms with E-state index in [2.05, 4.69) is 31.3 Å². The summed E-state index contributed by atoms with van der Waals surface area (Å²) in [6, 6.07) is 21.9. The zero-order valence-electron chi connectivity index (χ0n) is 15.8. The van der Waals surface area contributed by atoms with E-state index < -0.39 is 5.91 Å². The molecule has 6 nitrogen and oxygen atoms in total. The molecule has 0 saturated carbocycles. The Hall–Kier alpha value is -3.16. The van der Waals surface area contributed by atoms with Crippen LogP contribution in [0, 0.1) is 0 Å². The number of benzene rings is 3. The Morgan fingerprint density at radius 3 is 2.30 bits per heavy atom. The van der Waals surface area contributed by atoms with Gasteiger partial charge in [-0.2, -0.15) is 0 Å². The number of halogens is 2. The van der Waals surface area contributed by atoms with Gasteiger partial charge < -0.3 is 10.1 Å². The van der Waals surface area contributed by atoms with Gasteiger partial charge in [-0.05, 0) is 72.8 Å². The van der Waals surface area contributed by atoms with E-state index in [1.165, 1.54) is 0 Å². The fourth-order valence-corrected chi connectivity index (χ4v) is 3.21. The molecule has 0 aliphatic rings. The van der Waals surface area contributed by atoms with Gasteiger partial charge in [-0.25, -0.2) is 9.67 Å². The van der Waals surface area contributed by atoms with Crippen LogP contribution in [-0.4, -0.2) is 27.8 Å². The summed E-state index contributed by atoms with van der Waals surface area (Å²) in [5.74, 6) is 0.884. The minimum atomic E-state index is -0.411. The normalized spacial score (nSPS) is 10.6. The average molecular weight is 484 g/mol. The Kier molecular flexibility index (Phi) is 5.83. The van der Waals surface area contributed by atoms with Gasteiger partial charge in [-0.15, -0.1) is 5.10 Å². The number of rotatable bonds is 5. The van der Waals surface area contributed by atoms with E-state index in [0.717, 1.165) is 15.7 Å². The molecule has 1 N–H and O–H groups in total. The van der Waals surface area contributed by atoms with Crippen LogP contribution in [0.3, 0.4) is 0 Å². The molecule has 0 aliphatic carbocycles. The molecule has 0 radical (unpaired) electrons. The number of amides is 1. The number of anilines is 1. The Balaban J connectivity index is 1.71. The zero-order valence-corrected chi connectivity index (χ0v) is 18.2. The molecule has 1 heterocycles. The van der Waals surface area contributed by atoms with Crippen LogP contribution in [0.2, 0.25) is 5.02 Å². The van der Waals surface area contributed by atoms with E-state index in [1.54, 1.807) is 48.2 Å². The third-order valence-corrected chi connectivity index (χ3v) is 5.11. The largest absolute Gasteiger partial charge is 0.497 e. The van der Waals surface area contributed by atoms with Crippen LogP contribution in [0.4, 0.5) is 5.69 Å². The predicted octanol–water partition coefficient (Wildman–Crippen LogP) is 5.61. The predicted molar refractivity (Wildman–Crippen MR) is 120 cm³/mol. The fraction of sp³-hybridized carbons (Fsp3) is 0.0455. The lowest BCUT2D eigenvalue weighted by Gasteiger charge is -2.06. The van der Waals surface area contributed by atoms with Crippen molar-refractivity contribution in [3.8, 4) is 22.8 Å². The number of carbonyl (C=O) groups is 1. The van der Waals surface area contributed by atoms with Gasteiger partial charge in [0.2, 0.25) is 5.82 Å². The highest BCUT2D eigenvalue weighted by Crippen LogP contribution is 2.24. The van der Waals surface area contributed by atoms with Crippen LogP contribution >= 0.6 is 27.5 Å². The van der Waals surface area contributed by atoms with E-state index in [1.807, 2.05) is 36.4 Å². The highest BCUT2D eigenvalue weighted by atomic mass is 79.9. The second-order valence-corrected chi connectivity index (χ2v) is 7.69. The van der Waals surface area contributed by atoms with Crippen molar-refractivity contribution in [3.63, 3.8) is 0 Å². The maximum Gasteiger partial charge on any atom is 0.295 e. The number of nitrogens with one attached hydrogen (secondary N) is 1. The number of hydrogen-bond acceptors (Lipinski definition) is 4. The molecule has 1 aromatic heterocycles. The summed E-state index contributed by atoms with van der Waals surface area (Å²) in [6.07, 6.45) is 0. The number of carbonyl (C=O) groups excluding carboxylic acids is 1. The topological polar surface area (TPSA) is 69.0 Å². The summed E-state index contributed by atoms with van der Waals surface area (Å²) in [5, 5.41) is 7.89. The minimum absolute atomic E-state index is 0.0543. The van der Waals surface area contributed by atoms with E-state index >= 15 is 0 Å². The first-order valence-corrected chi connectivity index (χ1v) is 10.1. The maximum atomic E-state index is 12.8. The third-order valence-electron chi connectivity index (χ3n) is 4.33. The molecule has 0 bridgehead atoms. The number of nitrogens with zero attached hydrogens (tertiary/aromatic N) is 3. The Labute approximate surface area is 186 Å². The van der Waals surface area contributed by atoms with Gasteiger partial charge in [0.25, 0.3) is 5.91 Å². The van der Waals surface area contributed by atoms with Crippen LogP contribution in [0.15, 0.2) is 77.3 Å². The van der Waals surface area contributed by atoms with Crippen LogP contribution in [-0.2, 0) is 0 Å². The van der Waals surface area contributed by atoms with Crippen molar-refractivity contribution in [1.29, 1.82) is 0 Å². The van der Waals surface area contributed by atoms with E-state index in [4.69, 9.17) is 16.3 Å². The van der Waals surface area contributed by atoms with Crippen molar-refractivity contribution in [1.82, 2.24) is 14.8 Å². The Morgan fingerprint density at radius 1 is 1.00 bits per heavy atom. The quantitative estimate of drug-likeness (QED) is 0.400. The summed E-state index contributed by atoms with van der Waals surface area (Å²) >= 11 is 9.45. The number of ether oxygens (including phenoxy) is 1. The molecular weight excluding hydrogens is 468 g/mol. The SMILES string of the molecule is COc1ccc(NC(=O)c2nc(-c3ccc(Cl)cc3)n(-c3ccc(Br)cc3)n2)cc1. The second kappa shape index (κ2) is 8.69. The molecule has 0 unspecified atom stereocenters. The van der Waals surface area contributed by atoms with E-state index in [0.29, 0.717) is 22.3 Å². The van der Waals surface area contributed by atoms with Gasteiger partial charge in [-0.1, -0.05) is 27.5 Å². The van der Waals surface area contributed by atoms with Crippen LogP contribution in [0.1, 0.15) is 10.6 Å². The molecule has 150 valence electrons. The van der Waals surface area contributed by atoms with E-state index in [9.17, 15) is 4.79 Å². The van der Waals surface area contributed by atoms with Gasteiger partial charge in [-0.3, -0.25) is 4.79 Å². The van der Waals surface area contributed by atoms with Crippen LogP contribution < -0.4 is 10.1 Å². The number of hydrogen-bond donors (Lipinski definition) is 1. The summed E-state index contributed by atoms with van der Waals surface area (Å²) < 4.78 is 7.72. The monoisotopic (exact) mass is 482 g/mol. The summed E-state index contributed by atoms with van der Waals surface area (Å²) in [5.41, 5.74) is 2.19. The van der Waals surface area contributed by atoms with Gasteiger partial charge in [0.1, 0.15) is 5.75 Å². The van der Waals surface area contributed by atoms with Crippen molar-refractivity contribution >= 4 is 39.1 Å². The summed E-state index contributed by atoms with van der Waals surface area (Å²) in [6.45, 7) is 0. The van der Waals surface area contributed by atoms with Gasteiger partial charge in [0.05, 0.1) is 12.8 Å². The Morgan fingerprint density at radius 2 is 1.67 bits per heavy atom. The number of aromatic nitrogens is 3. The first-order valence-electron chi connectivity index (χ1n) is 8.98. The Bertz CT molecular complexity index is 1110. The minimum Gasteiger partial charge on any atom is -0.497 e.